The van der Waals surface area contributed by atoms with Crippen LogP contribution in [0.5, 0.6) is 0 Å². The Kier molecular flexibility index (Phi) is 4.27. The smallest absolute Gasteiger partial charge is 0.238 e. The molecule has 7 heteroatoms. The molecule has 2 N–H and O–H groups in total. The van der Waals surface area contributed by atoms with Crippen LogP contribution in [0.25, 0.3) is 0 Å². The summed E-state index contributed by atoms with van der Waals surface area (Å²) in [6.07, 6.45) is 2.81. The number of anilines is 1. The summed E-state index contributed by atoms with van der Waals surface area (Å²) >= 11 is 0. The molecule has 1 heterocycles. The molecule has 1 fully saturated rings. The summed E-state index contributed by atoms with van der Waals surface area (Å²) < 4.78 is 37.5. The van der Waals surface area contributed by atoms with Crippen LogP contribution in [0.2, 0.25) is 0 Å². The SMILES string of the molecule is Nc1ccc(F)cc1S(=O)(=O)CC(=O)N1CCCCC1. The van der Waals surface area contributed by atoms with Crippen molar-refractivity contribution < 1.29 is 17.6 Å². The van der Waals surface area contributed by atoms with E-state index in [1.54, 1.807) is 0 Å². The Morgan fingerprint density at radius 2 is 1.90 bits per heavy atom. The van der Waals surface area contributed by atoms with Crippen LogP contribution in [0.1, 0.15) is 19.3 Å². The van der Waals surface area contributed by atoms with E-state index in [-0.39, 0.29) is 10.6 Å². The normalized spacial score (nSPS) is 16.1. The van der Waals surface area contributed by atoms with Crippen molar-refractivity contribution in [1.82, 2.24) is 4.90 Å². The lowest BCUT2D eigenvalue weighted by Crippen LogP contribution is -2.39. The van der Waals surface area contributed by atoms with Crippen molar-refractivity contribution in [1.29, 1.82) is 0 Å². The number of nitrogens with two attached hydrogens (primary N) is 1. The molecule has 0 spiro atoms. The quantitative estimate of drug-likeness (QED) is 0.850. The number of nitrogens with zero attached hydrogens (tertiary/aromatic N) is 1. The number of carbonyl (C=O) groups excluding carboxylic acids is 1. The first-order valence-electron chi connectivity index (χ1n) is 6.46. The lowest BCUT2D eigenvalue weighted by molar-refractivity contribution is -0.129. The zero-order chi connectivity index (χ0) is 14.8. The highest BCUT2D eigenvalue weighted by atomic mass is 32.2. The van der Waals surface area contributed by atoms with Crippen molar-refractivity contribution in [2.45, 2.75) is 24.2 Å². The van der Waals surface area contributed by atoms with E-state index in [0.717, 1.165) is 31.4 Å². The summed E-state index contributed by atoms with van der Waals surface area (Å²) in [4.78, 5) is 13.2. The van der Waals surface area contributed by atoms with Gasteiger partial charge in [-0.05, 0) is 37.5 Å². The number of carbonyl (C=O) groups is 1. The molecule has 0 aliphatic carbocycles. The number of benzene rings is 1. The number of sulfone groups is 1. The molecule has 1 aromatic carbocycles. The van der Waals surface area contributed by atoms with Gasteiger partial charge in [0.05, 0.1) is 10.6 Å². The first-order chi connectivity index (χ1) is 9.40. The van der Waals surface area contributed by atoms with Gasteiger partial charge in [-0.15, -0.1) is 0 Å². The van der Waals surface area contributed by atoms with Gasteiger partial charge < -0.3 is 10.6 Å². The fraction of sp³-hybridized carbons (Fsp3) is 0.462. The molecule has 110 valence electrons. The summed E-state index contributed by atoms with van der Waals surface area (Å²) in [5.74, 6) is -1.81. The van der Waals surface area contributed by atoms with Gasteiger partial charge in [0.15, 0.2) is 9.84 Å². The molecule has 20 heavy (non-hydrogen) atoms. The molecule has 0 unspecified atom stereocenters. The predicted octanol–water partition coefficient (Wildman–Crippen LogP) is 1.19. The van der Waals surface area contributed by atoms with E-state index >= 15 is 0 Å². The Labute approximate surface area is 117 Å². The number of hydrogen-bond donors (Lipinski definition) is 1. The van der Waals surface area contributed by atoms with E-state index in [4.69, 9.17) is 5.73 Å². The van der Waals surface area contributed by atoms with Gasteiger partial charge in [0.1, 0.15) is 11.6 Å². The molecule has 1 amide bonds. The second kappa shape index (κ2) is 5.78. The largest absolute Gasteiger partial charge is 0.398 e. The average Bonchev–Trinajstić information content (AvgIpc) is 2.42. The fourth-order valence-electron chi connectivity index (χ4n) is 2.25. The molecule has 0 bridgehead atoms. The first kappa shape index (κ1) is 14.8. The van der Waals surface area contributed by atoms with Crippen molar-refractivity contribution in [2.24, 2.45) is 0 Å². The highest BCUT2D eigenvalue weighted by molar-refractivity contribution is 7.92. The van der Waals surface area contributed by atoms with Crippen molar-refractivity contribution >= 4 is 21.4 Å². The molecule has 1 aromatic rings. The summed E-state index contributed by atoms with van der Waals surface area (Å²) in [6.45, 7) is 1.15. The zero-order valence-electron chi connectivity index (χ0n) is 11.0. The van der Waals surface area contributed by atoms with E-state index in [1.165, 1.54) is 11.0 Å². The van der Waals surface area contributed by atoms with Crippen LogP contribution in [0.15, 0.2) is 23.1 Å². The Bertz CT molecular complexity index is 610. The topological polar surface area (TPSA) is 80.5 Å². The highest BCUT2D eigenvalue weighted by Crippen LogP contribution is 2.21. The Morgan fingerprint density at radius 3 is 2.55 bits per heavy atom. The van der Waals surface area contributed by atoms with Gasteiger partial charge in [-0.1, -0.05) is 0 Å². The van der Waals surface area contributed by atoms with Crippen molar-refractivity contribution in [3.05, 3.63) is 24.0 Å². The Balaban J connectivity index is 2.18. The van der Waals surface area contributed by atoms with E-state index in [0.29, 0.717) is 13.1 Å². The predicted molar refractivity (Wildman–Crippen MR) is 73.3 cm³/mol. The maximum Gasteiger partial charge on any atom is 0.238 e. The molecule has 0 aromatic heterocycles. The van der Waals surface area contributed by atoms with Crippen molar-refractivity contribution in [2.75, 3.05) is 24.6 Å². The van der Waals surface area contributed by atoms with E-state index in [9.17, 15) is 17.6 Å². The monoisotopic (exact) mass is 300 g/mol. The van der Waals surface area contributed by atoms with Crippen LogP contribution in [0, 0.1) is 5.82 Å². The van der Waals surface area contributed by atoms with Gasteiger partial charge in [0.2, 0.25) is 5.91 Å². The number of piperidine rings is 1. The van der Waals surface area contributed by atoms with E-state index < -0.39 is 27.3 Å². The summed E-state index contributed by atoms with van der Waals surface area (Å²) in [6, 6.07) is 3.13. The molecule has 1 aliphatic heterocycles. The summed E-state index contributed by atoms with van der Waals surface area (Å²) in [7, 11) is -3.92. The van der Waals surface area contributed by atoms with Crippen LogP contribution in [0.3, 0.4) is 0 Å². The summed E-state index contributed by atoms with van der Waals surface area (Å²) in [5, 5.41) is 0. The highest BCUT2D eigenvalue weighted by Gasteiger charge is 2.26. The molecule has 0 atom stereocenters. The number of halogens is 1. The molecular weight excluding hydrogens is 283 g/mol. The molecule has 0 radical (unpaired) electrons. The van der Waals surface area contributed by atoms with Crippen LogP contribution in [-0.4, -0.2) is 38.1 Å². The summed E-state index contributed by atoms with van der Waals surface area (Å²) in [5.41, 5.74) is 5.52. The molecule has 1 aliphatic rings. The molecular formula is C13H17FN2O3S. The van der Waals surface area contributed by atoms with Crippen molar-refractivity contribution in [3.63, 3.8) is 0 Å². The van der Waals surface area contributed by atoms with E-state index in [2.05, 4.69) is 0 Å². The average molecular weight is 300 g/mol. The number of likely N-dealkylation sites (tertiary alicyclic amines) is 1. The number of amides is 1. The van der Waals surface area contributed by atoms with Gasteiger partial charge in [0, 0.05) is 13.1 Å². The fourth-order valence-corrected chi connectivity index (χ4v) is 3.63. The minimum Gasteiger partial charge on any atom is -0.398 e. The molecule has 5 nitrogen and oxygen atoms in total. The third kappa shape index (κ3) is 3.27. The Hall–Kier alpha value is -1.63. The first-order valence-corrected chi connectivity index (χ1v) is 8.11. The number of nitrogen functional groups attached to an aromatic ring is 1. The van der Waals surface area contributed by atoms with Crippen LogP contribution < -0.4 is 5.73 Å². The van der Waals surface area contributed by atoms with E-state index in [1.807, 2.05) is 0 Å². The van der Waals surface area contributed by atoms with Crippen molar-refractivity contribution in [3.8, 4) is 0 Å². The van der Waals surface area contributed by atoms with Gasteiger partial charge in [-0.2, -0.15) is 0 Å². The maximum absolute atomic E-state index is 13.2. The minimum absolute atomic E-state index is 0.0437. The molecule has 1 saturated heterocycles. The van der Waals surface area contributed by atoms with Crippen LogP contribution in [-0.2, 0) is 14.6 Å². The molecule has 2 rings (SSSR count). The van der Waals surface area contributed by atoms with Gasteiger partial charge in [-0.25, -0.2) is 12.8 Å². The maximum atomic E-state index is 13.2. The van der Waals surface area contributed by atoms with Gasteiger partial charge >= 0.3 is 0 Å². The number of rotatable bonds is 3. The van der Waals surface area contributed by atoms with Crippen LogP contribution >= 0.6 is 0 Å². The van der Waals surface area contributed by atoms with Gasteiger partial charge in [-0.3, -0.25) is 4.79 Å². The molecule has 0 saturated carbocycles. The second-order valence-corrected chi connectivity index (χ2v) is 6.84. The van der Waals surface area contributed by atoms with Crippen LogP contribution in [0.4, 0.5) is 10.1 Å². The third-order valence-electron chi connectivity index (χ3n) is 3.33. The van der Waals surface area contributed by atoms with Gasteiger partial charge in [0.25, 0.3) is 0 Å². The number of hydrogen-bond acceptors (Lipinski definition) is 4. The lowest BCUT2D eigenvalue weighted by Gasteiger charge is -2.26. The minimum atomic E-state index is -3.92. The zero-order valence-corrected chi connectivity index (χ0v) is 11.8. The second-order valence-electron chi connectivity index (χ2n) is 4.88. The standard InChI is InChI=1S/C13H17FN2O3S/c14-10-4-5-11(15)12(8-10)20(18,19)9-13(17)16-6-2-1-3-7-16/h4-5,8H,1-3,6-7,9,15H2. The Morgan fingerprint density at radius 1 is 1.25 bits per heavy atom. The lowest BCUT2D eigenvalue weighted by atomic mass is 10.1. The third-order valence-corrected chi connectivity index (χ3v) is 4.98.